The lowest BCUT2D eigenvalue weighted by Gasteiger charge is -2.11. The van der Waals surface area contributed by atoms with E-state index in [9.17, 15) is 13.2 Å². The fraction of sp³-hybridized carbons (Fsp3) is 0.333. The molecule has 0 atom stereocenters. The van der Waals surface area contributed by atoms with Crippen LogP contribution in [0.4, 0.5) is 19.0 Å². The molecule has 0 saturated heterocycles. The van der Waals surface area contributed by atoms with Crippen LogP contribution in [-0.4, -0.2) is 17.0 Å². The third-order valence-corrected chi connectivity index (χ3v) is 3.02. The lowest BCUT2D eigenvalue weighted by atomic mass is 10.1. The Bertz CT molecular complexity index is 619. The number of hydrogen-bond acceptors (Lipinski definition) is 3. The van der Waals surface area contributed by atoms with Gasteiger partial charge in [-0.05, 0) is 12.1 Å². The van der Waals surface area contributed by atoms with Gasteiger partial charge in [0.1, 0.15) is 11.6 Å². The monoisotopic (exact) mass is 295 g/mol. The van der Waals surface area contributed by atoms with Gasteiger partial charge >= 0.3 is 6.18 Å². The van der Waals surface area contributed by atoms with E-state index in [2.05, 4.69) is 15.3 Å². The lowest BCUT2D eigenvalue weighted by Crippen LogP contribution is -2.05. The van der Waals surface area contributed by atoms with Crippen LogP contribution in [0.2, 0.25) is 0 Å². The fourth-order valence-electron chi connectivity index (χ4n) is 1.83. The SMILES string of the molecule is CNc1cc(-c2ccc(C(F)(F)F)cc2)nc(C(C)C)n1. The third kappa shape index (κ3) is 3.51. The lowest BCUT2D eigenvalue weighted by molar-refractivity contribution is -0.137. The number of anilines is 1. The quantitative estimate of drug-likeness (QED) is 0.916. The Morgan fingerprint density at radius 2 is 1.67 bits per heavy atom. The average molecular weight is 295 g/mol. The predicted molar refractivity (Wildman–Crippen MR) is 76.1 cm³/mol. The zero-order valence-electron chi connectivity index (χ0n) is 12.0. The maximum atomic E-state index is 12.6. The summed E-state index contributed by atoms with van der Waals surface area (Å²) in [7, 11) is 1.74. The number of aromatic nitrogens is 2. The summed E-state index contributed by atoms with van der Waals surface area (Å²) < 4.78 is 37.7. The summed E-state index contributed by atoms with van der Waals surface area (Å²) in [6.45, 7) is 3.93. The van der Waals surface area contributed by atoms with Crippen LogP contribution >= 0.6 is 0 Å². The first-order valence-corrected chi connectivity index (χ1v) is 6.55. The van der Waals surface area contributed by atoms with E-state index in [1.54, 1.807) is 13.1 Å². The van der Waals surface area contributed by atoms with Crippen LogP contribution in [0.15, 0.2) is 30.3 Å². The molecule has 0 saturated carbocycles. The highest BCUT2D eigenvalue weighted by atomic mass is 19.4. The van der Waals surface area contributed by atoms with Gasteiger partial charge in [-0.1, -0.05) is 26.0 Å². The first-order chi connectivity index (χ1) is 9.81. The minimum absolute atomic E-state index is 0.131. The maximum Gasteiger partial charge on any atom is 0.416 e. The number of rotatable bonds is 3. The highest BCUT2D eigenvalue weighted by Gasteiger charge is 2.30. The van der Waals surface area contributed by atoms with Crippen molar-refractivity contribution >= 4 is 5.82 Å². The third-order valence-electron chi connectivity index (χ3n) is 3.02. The zero-order valence-corrected chi connectivity index (χ0v) is 12.0. The molecule has 2 aromatic rings. The van der Waals surface area contributed by atoms with Crippen molar-refractivity contribution in [1.29, 1.82) is 0 Å². The molecular formula is C15H16F3N3. The van der Waals surface area contributed by atoms with Gasteiger partial charge in [0.05, 0.1) is 11.3 Å². The fourth-order valence-corrected chi connectivity index (χ4v) is 1.83. The first kappa shape index (κ1) is 15.3. The Kier molecular flexibility index (Phi) is 4.16. The van der Waals surface area contributed by atoms with Gasteiger partial charge < -0.3 is 5.32 Å². The van der Waals surface area contributed by atoms with Crippen LogP contribution in [0.1, 0.15) is 31.2 Å². The van der Waals surface area contributed by atoms with Crippen LogP contribution in [0, 0.1) is 0 Å². The van der Waals surface area contributed by atoms with E-state index in [1.165, 1.54) is 12.1 Å². The number of nitrogens with one attached hydrogen (secondary N) is 1. The molecule has 1 aromatic carbocycles. The van der Waals surface area contributed by atoms with Crippen LogP contribution in [-0.2, 0) is 6.18 Å². The minimum atomic E-state index is -4.33. The van der Waals surface area contributed by atoms with Crippen molar-refractivity contribution in [3.8, 4) is 11.3 Å². The van der Waals surface area contributed by atoms with Crippen molar-refractivity contribution in [2.75, 3.05) is 12.4 Å². The summed E-state index contributed by atoms with van der Waals surface area (Å²) >= 11 is 0. The Hall–Kier alpha value is -2.11. The summed E-state index contributed by atoms with van der Waals surface area (Å²) in [6, 6.07) is 6.69. The summed E-state index contributed by atoms with van der Waals surface area (Å²) in [5.41, 5.74) is 0.564. The Balaban J connectivity index is 2.44. The summed E-state index contributed by atoms with van der Waals surface area (Å²) in [4.78, 5) is 8.74. The van der Waals surface area contributed by atoms with Gasteiger partial charge in [-0.15, -0.1) is 0 Å². The normalized spacial score (nSPS) is 11.8. The van der Waals surface area contributed by atoms with Crippen molar-refractivity contribution in [2.24, 2.45) is 0 Å². The molecule has 0 aliphatic heterocycles. The van der Waals surface area contributed by atoms with Crippen molar-refractivity contribution in [3.63, 3.8) is 0 Å². The Morgan fingerprint density at radius 3 is 2.14 bits per heavy atom. The second-order valence-electron chi connectivity index (χ2n) is 4.98. The van der Waals surface area contributed by atoms with E-state index in [0.29, 0.717) is 22.9 Å². The van der Waals surface area contributed by atoms with Crippen LogP contribution in [0.25, 0.3) is 11.3 Å². The topological polar surface area (TPSA) is 37.8 Å². The van der Waals surface area contributed by atoms with E-state index in [1.807, 2.05) is 13.8 Å². The molecule has 0 spiro atoms. The predicted octanol–water partition coefficient (Wildman–Crippen LogP) is 4.33. The van der Waals surface area contributed by atoms with Crippen molar-refractivity contribution in [3.05, 3.63) is 41.7 Å². The second-order valence-corrected chi connectivity index (χ2v) is 4.98. The Labute approximate surface area is 121 Å². The molecule has 112 valence electrons. The molecule has 0 aliphatic carbocycles. The largest absolute Gasteiger partial charge is 0.416 e. The van der Waals surface area contributed by atoms with Gasteiger partial charge in [-0.2, -0.15) is 13.2 Å². The molecule has 2 rings (SSSR count). The summed E-state index contributed by atoms with van der Waals surface area (Å²) in [5, 5.41) is 2.94. The van der Waals surface area contributed by atoms with E-state index < -0.39 is 11.7 Å². The van der Waals surface area contributed by atoms with Crippen LogP contribution in [0.5, 0.6) is 0 Å². The number of hydrogen-bond donors (Lipinski definition) is 1. The summed E-state index contributed by atoms with van der Waals surface area (Å²) in [6.07, 6.45) is -4.33. The molecule has 0 bridgehead atoms. The molecule has 1 aromatic heterocycles. The summed E-state index contributed by atoms with van der Waals surface area (Å²) in [5.74, 6) is 1.42. The molecular weight excluding hydrogens is 279 g/mol. The molecule has 0 fully saturated rings. The molecule has 1 N–H and O–H groups in total. The van der Waals surface area contributed by atoms with E-state index >= 15 is 0 Å². The standard InChI is InChI=1S/C15H16F3N3/c1-9(2)14-20-12(8-13(19-3)21-14)10-4-6-11(7-5-10)15(16,17)18/h4-9H,1-3H3,(H,19,20,21). The van der Waals surface area contributed by atoms with Crippen molar-refractivity contribution in [2.45, 2.75) is 25.9 Å². The van der Waals surface area contributed by atoms with E-state index in [4.69, 9.17) is 0 Å². The molecule has 0 radical (unpaired) electrons. The molecule has 0 aliphatic rings. The molecule has 0 amide bonds. The number of halogens is 3. The maximum absolute atomic E-state index is 12.6. The number of alkyl halides is 3. The zero-order chi connectivity index (χ0) is 15.6. The second kappa shape index (κ2) is 5.71. The highest BCUT2D eigenvalue weighted by Crippen LogP contribution is 2.31. The van der Waals surface area contributed by atoms with Gasteiger partial charge in [0.25, 0.3) is 0 Å². The van der Waals surface area contributed by atoms with Crippen molar-refractivity contribution < 1.29 is 13.2 Å². The molecule has 21 heavy (non-hydrogen) atoms. The molecule has 1 heterocycles. The van der Waals surface area contributed by atoms with Crippen LogP contribution in [0.3, 0.4) is 0 Å². The van der Waals surface area contributed by atoms with Gasteiger partial charge in [0.15, 0.2) is 0 Å². The van der Waals surface area contributed by atoms with Gasteiger partial charge in [0.2, 0.25) is 0 Å². The van der Waals surface area contributed by atoms with E-state index in [0.717, 1.165) is 12.1 Å². The van der Waals surface area contributed by atoms with Gasteiger partial charge in [0, 0.05) is 24.6 Å². The number of benzene rings is 1. The Morgan fingerprint density at radius 1 is 1.05 bits per heavy atom. The first-order valence-electron chi connectivity index (χ1n) is 6.55. The average Bonchev–Trinajstić information content (AvgIpc) is 2.46. The van der Waals surface area contributed by atoms with Crippen molar-refractivity contribution in [1.82, 2.24) is 9.97 Å². The number of nitrogens with zero attached hydrogens (tertiary/aromatic N) is 2. The van der Waals surface area contributed by atoms with Gasteiger partial charge in [-0.25, -0.2) is 9.97 Å². The minimum Gasteiger partial charge on any atom is -0.373 e. The molecule has 6 heteroatoms. The van der Waals surface area contributed by atoms with E-state index in [-0.39, 0.29) is 5.92 Å². The van der Waals surface area contributed by atoms with Crippen LogP contribution < -0.4 is 5.32 Å². The smallest absolute Gasteiger partial charge is 0.373 e. The highest BCUT2D eigenvalue weighted by molar-refractivity contribution is 5.63. The molecule has 0 unspecified atom stereocenters. The van der Waals surface area contributed by atoms with Gasteiger partial charge in [-0.3, -0.25) is 0 Å². The molecule has 3 nitrogen and oxygen atoms in total.